The molecule has 0 spiro atoms. The number of rotatable bonds is 4. The fourth-order valence-electron chi connectivity index (χ4n) is 2.16. The average Bonchev–Trinajstić information content (AvgIpc) is 2.43. The molecule has 0 saturated carbocycles. The first kappa shape index (κ1) is 13.9. The summed E-state index contributed by atoms with van der Waals surface area (Å²) in [7, 11) is 0. The molecule has 0 aliphatic carbocycles. The van der Waals surface area contributed by atoms with Crippen LogP contribution in [0.3, 0.4) is 0 Å². The van der Waals surface area contributed by atoms with Gasteiger partial charge in [-0.05, 0) is 24.8 Å². The summed E-state index contributed by atoms with van der Waals surface area (Å²) in [5.41, 5.74) is 1.95. The average molecular weight is 278 g/mol. The molecule has 0 radical (unpaired) electrons. The summed E-state index contributed by atoms with van der Waals surface area (Å²) in [5.74, 6) is 0.0924. The van der Waals surface area contributed by atoms with Gasteiger partial charge in [-0.2, -0.15) is 11.8 Å². The first-order valence-electron chi connectivity index (χ1n) is 6.31. The molecular formula is C14H18N2O2S. The second-order valence-electron chi connectivity index (χ2n) is 4.66. The van der Waals surface area contributed by atoms with Gasteiger partial charge in [-0.1, -0.05) is 18.2 Å². The van der Waals surface area contributed by atoms with Crippen molar-refractivity contribution in [3.8, 4) is 0 Å². The Hall–Kier alpha value is -1.49. The molecule has 5 heteroatoms. The van der Waals surface area contributed by atoms with Crippen LogP contribution >= 0.6 is 11.8 Å². The van der Waals surface area contributed by atoms with Crippen LogP contribution in [0.5, 0.6) is 0 Å². The Bertz CT molecular complexity index is 490. The van der Waals surface area contributed by atoms with E-state index in [4.69, 9.17) is 0 Å². The highest BCUT2D eigenvalue weighted by Crippen LogP contribution is 2.31. The molecule has 0 unspecified atom stereocenters. The molecule has 0 saturated heterocycles. The third-order valence-corrected chi connectivity index (χ3v) is 4.27. The number of para-hydroxylation sites is 1. The number of thioether (sulfide) groups is 1. The van der Waals surface area contributed by atoms with Gasteiger partial charge in [0.2, 0.25) is 11.8 Å². The summed E-state index contributed by atoms with van der Waals surface area (Å²) < 4.78 is 0. The van der Waals surface area contributed by atoms with Gasteiger partial charge in [-0.15, -0.1) is 0 Å². The van der Waals surface area contributed by atoms with E-state index >= 15 is 0 Å². The van der Waals surface area contributed by atoms with E-state index in [1.165, 1.54) is 11.8 Å². The fourth-order valence-corrected chi connectivity index (χ4v) is 2.46. The highest BCUT2D eigenvalue weighted by atomic mass is 32.2. The molecule has 102 valence electrons. The highest BCUT2D eigenvalue weighted by Gasteiger charge is 2.25. The second kappa shape index (κ2) is 6.10. The van der Waals surface area contributed by atoms with Crippen LogP contribution in [0.4, 0.5) is 5.69 Å². The maximum absolute atomic E-state index is 11.8. The molecule has 4 nitrogen and oxygen atoms in total. The molecule has 2 amide bonds. The van der Waals surface area contributed by atoms with E-state index in [1.54, 1.807) is 0 Å². The van der Waals surface area contributed by atoms with E-state index in [1.807, 2.05) is 37.4 Å². The second-order valence-corrected chi connectivity index (χ2v) is 5.84. The third-order valence-electron chi connectivity index (χ3n) is 3.35. The Morgan fingerprint density at radius 1 is 1.53 bits per heavy atom. The molecular weight excluding hydrogens is 260 g/mol. The molecule has 1 aromatic carbocycles. The van der Waals surface area contributed by atoms with Crippen molar-refractivity contribution in [2.24, 2.45) is 0 Å². The summed E-state index contributed by atoms with van der Waals surface area (Å²) >= 11 is 1.51. The monoisotopic (exact) mass is 278 g/mol. The van der Waals surface area contributed by atoms with Crippen LogP contribution < -0.4 is 10.6 Å². The van der Waals surface area contributed by atoms with Crippen LogP contribution in [0.25, 0.3) is 0 Å². The van der Waals surface area contributed by atoms with Gasteiger partial charge in [0.15, 0.2) is 0 Å². The minimum Gasteiger partial charge on any atom is -0.355 e. The largest absolute Gasteiger partial charge is 0.355 e. The maximum atomic E-state index is 11.8. The van der Waals surface area contributed by atoms with E-state index in [0.717, 1.165) is 11.3 Å². The molecule has 0 fully saturated rings. The van der Waals surface area contributed by atoms with Crippen molar-refractivity contribution in [2.75, 3.05) is 18.1 Å². The summed E-state index contributed by atoms with van der Waals surface area (Å²) in [6.45, 7) is 2.38. The lowest BCUT2D eigenvalue weighted by molar-refractivity contribution is -0.121. The van der Waals surface area contributed by atoms with Gasteiger partial charge in [-0.3, -0.25) is 9.59 Å². The van der Waals surface area contributed by atoms with Crippen LogP contribution in [-0.4, -0.2) is 29.9 Å². The molecule has 19 heavy (non-hydrogen) atoms. The number of nitrogens with one attached hydrogen (secondary N) is 2. The zero-order valence-electron chi connectivity index (χ0n) is 11.1. The van der Waals surface area contributed by atoms with Gasteiger partial charge in [-0.25, -0.2) is 0 Å². The van der Waals surface area contributed by atoms with Crippen molar-refractivity contribution in [1.82, 2.24) is 5.32 Å². The molecule has 1 aliphatic rings. The molecule has 1 heterocycles. The van der Waals surface area contributed by atoms with E-state index < -0.39 is 0 Å². The number of hydrogen-bond donors (Lipinski definition) is 2. The normalized spacial score (nSPS) is 19.3. The summed E-state index contributed by atoms with van der Waals surface area (Å²) in [4.78, 5) is 23.4. The highest BCUT2D eigenvalue weighted by molar-refractivity contribution is 7.99. The smallest absolute Gasteiger partial charge is 0.232 e. The zero-order valence-corrected chi connectivity index (χ0v) is 11.9. The van der Waals surface area contributed by atoms with Crippen LogP contribution in [0.15, 0.2) is 24.3 Å². The maximum Gasteiger partial charge on any atom is 0.232 e. The van der Waals surface area contributed by atoms with Crippen LogP contribution in [0.2, 0.25) is 0 Å². The molecule has 1 aliphatic heterocycles. The van der Waals surface area contributed by atoms with Crippen LogP contribution in [-0.2, 0) is 9.59 Å². The molecule has 0 bridgehead atoms. The van der Waals surface area contributed by atoms with Gasteiger partial charge in [0.05, 0.1) is 5.25 Å². The number of hydrogen-bond acceptors (Lipinski definition) is 3. The molecule has 2 rings (SSSR count). The van der Waals surface area contributed by atoms with E-state index in [9.17, 15) is 9.59 Å². The van der Waals surface area contributed by atoms with Crippen LogP contribution in [0, 0.1) is 0 Å². The number of carbonyl (C=O) groups is 2. The summed E-state index contributed by atoms with van der Waals surface area (Å²) in [5, 5.41) is 5.72. The standard InChI is InChI=1S/C14H18N2O2S/c1-9(19-2)14(18)15-8-10-7-13(17)16-12-6-4-3-5-11(10)12/h3-6,9-10H,7-8H2,1-2H3,(H,15,18)(H,16,17)/t9-,10+/m1/s1. The Balaban J connectivity index is 2.05. The first-order valence-corrected chi connectivity index (χ1v) is 7.60. The van der Waals surface area contributed by atoms with Gasteiger partial charge in [0.25, 0.3) is 0 Å². The van der Waals surface area contributed by atoms with Crippen molar-refractivity contribution in [3.05, 3.63) is 29.8 Å². The number of fused-ring (bicyclic) bond motifs is 1. The van der Waals surface area contributed by atoms with Crippen molar-refractivity contribution in [3.63, 3.8) is 0 Å². The fraction of sp³-hybridized carbons (Fsp3) is 0.429. The number of amides is 2. The predicted octanol–water partition coefficient (Wildman–Crippen LogP) is 1.98. The van der Waals surface area contributed by atoms with Gasteiger partial charge < -0.3 is 10.6 Å². The number of carbonyl (C=O) groups excluding carboxylic acids is 2. The predicted molar refractivity (Wildman–Crippen MR) is 78.4 cm³/mol. The van der Waals surface area contributed by atoms with Gasteiger partial charge in [0, 0.05) is 24.6 Å². The molecule has 2 atom stereocenters. The Kier molecular flexibility index (Phi) is 4.47. The quantitative estimate of drug-likeness (QED) is 0.885. The lowest BCUT2D eigenvalue weighted by Crippen LogP contribution is -2.36. The van der Waals surface area contributed by atoms with E-state index in [2.05, 4.69) is 10.6 Å². The summed E-state index contributed by atoms with van der Waals surface area (Å²) in [6.07, 6.45) is 2.33. The van der Waals surface area contributed by atoms with Crippen molar-refractivity contribution < 1.29 is 9.59 Å². The first-order chi connectivity index (χ1) is 9.11. The lowest BCUT2D eigenvalue weighted by atomic mass is 9.90. The SMILES string of the molecule is CS[C@H](C)C(=O)NC[C@@H]1CC(=O)Nc2ccccc21. The lowest BCUT2D eigenvalue weighted by Gasteiger charge is -2.26. The summed E-state index contributed by atoms with van der Waals surface area (Å²) in [6, 6.07) is 7.75. The van der Waals surface area contributed by atoms with E-state index in [-0.39, 0.29) is 23.0 Å². The number of anilines is 1. The van der Waals surface area contributed by atoms with Crippen LogP contribution in [0.1, 0.15) is 24.8 Å². The van der Waals surface area contributed by atoms with Gasteiger partial charge >= 0.3 is 0 Å². The molecule has 0 aromatic heterocycles. The minimum atomic E-state index is -0.0624. The Morgan fingerprint density at radius 3 is 3.00 bits per heavy atom. The Labute approximate surface area is 117 Å². The van der Waals surface area contributed by atoms with Crippen molar-refractivity contribution in [1.29, 1.82) is 0 Å². The van der Waals surface area contributed by atoms with Crippen molar-refractivity contribution in [2.45, 2.75) is 24.5 Å². The van der Waals surface area contributed by atoms with Crippen molar-refractivity contribution >= 4 is 29.3 Å². The van der Waals surface area contributed by atoms with E-state index in [0.29, 0.717) is 13.0 Å². The van der Waals surface area contributed by atoms with Gasteiger partial charge in [0.1, 0.15) is 0 Å². The Morgan fingerprint density at radius 2 is 2.26 bits per heavy atom. The number of benzene rings is 1. The third kappa shape index (κ3) is 3.29. The molecule has 1 aromatic rings. The minimum absolute atomic E-state index is 0.0101. The zero-order chi connectivity index (χ0) is 13.8. The molecule has 2 N–H and O–H groups in total. The topological polar surface area (TPSA) is 58.2 Å².